The van der Waals surface area contributed by atoms with Crippen LogP contribution >= 0.6 is 0 Å². The van der Waals surface area contributed by atoms with Crippen molar-refractivity contribution in [1.29, 1.82) is 0 Å². The molecule has 0 bridgehead atoms. The molecule has 3 aromatic rings. The van der Waals surface area contributed by atoms with E-state index in [2.05, 4.69) is 10.5 Å². The normalized spacial score (nSPS) is 10.5. The van der Waals surface area contributed by atoms with Crippen LogP contribution in [0.1, 0.15) is 21.5 Å². The summed E-state index contributed by atoms with van der Waals surface area (Å²) in [6, 6.07) is 20.8. The predicted molar refractivity (Wildman–Crippen MR) is 117 cm³/mol. The van der Waals surface area contributed by atoms with Crippen molar-refractivity contribution >= 4 is 18.1 Å². The summed E-state index contributed by atoms with van der Waals surface area (Å²) in [6.45, 7) is 1.79. The van der Waals surface area contributed by atoms with Gasteiger partial charge in [0.1, 0.15) is 17.2 Å². The lowest BCUT2D eigenvalue weighted by Crippen LogP contribution is -2.24. The molecule has 3 aromatic carbocycles. The predicted octanol–water partition coefficient (Wildman–Crippen LogP) is 3.75. The molecule has 0 heterocycles. The first-order chi connectivity index (χ1) is 15.0. The molecule has 7 nitrogen and oxygen atoms in total. The molecule has 0 aliphatic heterocycles. The first kappa shape index (κ1) is 21.6. The van der Waals surface area contributed by atoms with Gasteiger partial charge in [0.25, 0.3) is 5.91 Å². The molecule has 1 N–H and O–H groups in total. The minimum Gasteiger partial charge on any atom is -0.497 e. The largest absolute Gasteiger partial charge is 0.497 e. The van der Waals surface area contributed by atoms with Gasteiger partial charge in [0.05, 0.1) is 18.9 Å². The summed E-state index contributed by atoms with van der Waals surface area (Å²) in [6.07, 6.45) is 1.45. The van der Waals surface area contributed by atoms with Crippen LogP contribution in [0.4, 0.5) is 0 Å². The lowest BCUT2D eigenvalue weighted by molar-refractivity contribution is -0.123. The maximum atomic E-state index is 12.3. The third-order valence-electron chi connectivity index (χ3n) is 4.16. The number of nitrogens with one attached hydrogen (secondary N) is 1. The van der Waals surface area contributed by atoms with Crippen LogP contribution in [0, 0.1) is 6.92 Å². The van der Waals surface area contributed by atoms with E-state index in [0.717, 1.165) is 5.56 Å². The van der Waals surface area contributed by atoms with Gasteiger partial charge in [-0.25, -0.2) is 10.2 Å². The second-order valence-electron chi connectivity index (χ2n) is 6.59. The Kier molecular flexibility index (Phi) is 7.37. The van der Waals surface area contributed by atoms with Gasteiger partial charge < -0.3 is 14.2 Å². The quantitative estimate of drug-likeness (QED) is 0.261. The van der Waals surface area contributed by atoms with Crippen LogP contribution in [0.2, 0.25) is 0 Å². The molecule has 0 unspecified atom stereocenters. The maximum absolute atomic E-state index is 12.3. The van der Waals surface area contributed by atoms with E-state index >= 15 is 0 Å². The van der Waals surface area contributed by atoms with Crippen molar-refractivity contribution in [3.8, 4) is 17.2 Å². The van der Waals surface area contributed by atoms with Crippen molar-refractivity contribution in [2.75, 3.05) is 13.7 Å². The molecule has 0 radical (unpaired) electrons. The number of aryl methyl sites for hydroxylation is 1. The van der Waals surface area contributed by atoms with Gasteiger partial charge in [-0.3, -0.25) is 4.79 Å². The Hall–Kier alpha value is -4.13. The number of rotatable bonds is 8. The summed E-state index contributed by atoms with van der Waals surface area (Å²) in [5, 5.41) is 3.91. The van der Waals surface area contributed by atoms with Gasteiger partial charge in [-0.05, 0) is 66.6 Å². The number of hydrazone groups is 1. The van der Waals surface area contributed by atoms with Crippen molar-refractivity contribution in [3.63, 3.8) is 0 Å². The van der Waals surface area contributed by atoms with E-state index in [-0.39, 0.29) is 12.5 Å². The number of ether oxygens (including phenoxy) is 3. The number of amides is 1. The van der Waals surface area contributed by atoms with E-state index in [9.17, 15) is 9.59 Å². The second-order valence-corrected chi connectivity index (χ2v) is 6.59. The number of benzene rings is 3. The molecule has 0 atom stereocenters. The highest BCUT2D eigenvalue weighted by atomic mass is 16.5. The summed E-state index contributed by atoms with van der Waals surface area (Å²) < 4.78 is 15.9. The Morgan fingerprint density at radius 3 is 2.42 bits per heavy atom. The zero-order valence-corrected chi connectivity index (χ0v) is 17.2. The Bertz CT molecular complexity index is 1080. The fourth-order valence-electron chi connectivity index (χ4n) is 2.62. The zero-order valence-electron chi connectivity index (χ0n) is 17.2. The van der Waals surface area contributed by atoms with Gasteiger partial charge in [0, 0.05) is 0 Å². The van der Waals surface area contributed by atoms with Crippen LogP contribution in [-0.2, 0) is 4.79 Å². The molecule has 7 heteroatoms. The topological polar surface area (TPSA) is 86.2 Å². The van der Waals surface area contributed by atoms with E-state index in [0.29, 0.717) is 28.4 Å². The molecular formula is C24H22N2O5. The lowest BCUT2D eigenvalue weighted by atomic mass is 10.2. The Morgan fingerprint density at radius 1 is 0.935 bits per heavy atom. The van der Waals surface area contributed by atoms with Gasteiger partial charge >= 0.3 is 5.97 Å². The zero-order chi connectivity index (χ0) is 22.1. The monoisotopic (exact) mass is 418 g/mol. The number of carbonyl (C=O) groups excluding carboxylic acids is 2. The maximum Gasteiger partial charge on any atom is 0.343 e. The molecule has 0 spiro atoms. The number of methoxy groups -OCH3 is 1. The van der Waals surface area contributed by atoms with Crippen molar-refractivity contribution in [2.24, 2.45) is 5.10 Å². The summed E-state index contributed by atoms with van der Waals surface area (Å²) in [7, 11) is 1.56. The van der Waals surface area contributed by atoms with Crippen LogP contribution in [-0.4, -0.2) is 31.8 Å². The van der Waals surface area contributed by atoms with E-state index < -0.39 is 5.97 Å². The minimum atomic E-state index is -0.488. The number of esters is 1. The fourth-order valence-corrected chi connectivity index (χ4v) is 2.62. The molecule has 3 rings (SSSR count). The minimum absolute atomic E-state index is 0.152. The van der Waals surface area contributed by atoms with Crippen LogP contribution in [0.3, 0.4) is 0 Å². The van der Waals surface area contributed by atoms with E-state index in [4.69, 9.17) is 14.2 Å². The van der Waals surface area contributed by atoms with Crippen molar-refractivity contribution in [2.45, 2.75) is 6.92 Å². The molecule has 0 aliphatic rings. The summed E-state index contributed by atoms with van der Waals surface area (Å²) in [5.41, 5.74) is 4.50. The number of hydrogen-bond acceptors (Lipinski definition) is 6. The van der Waals surface area contributed by atoms with Crippen LogP contribution in [0.15, 0.2) is 77.9 Å². The molecule has 0 aromatic heterocycles. The molecule has 31 heavy (non-hydrogen) atoms. The van der Waals surface area contributed by atoms with E-state index in [1.807, 2.05) is 25.1 Å². The van der Waals surface area contributed by atoms with Gasteiger partial charge in [-0.2, -0.15) is 5.10 Å². The second kappa shape index (κ2) is 10.6. The molecule has 0 fully saturated rings. The van der Waals surface area contributed by atoms with Gasteiger partial charge in [-0.15, -0.1) is 0 Å². The molecule has 0 saturated carbocycles. The molecule has 0 aliphatic carbocycles. The Balaban J connectivity index is 1.51. The average Bonchev–Trinajstić information content (AvgIpc) is 2.78. The highest BCUT2D eigenvalue weighted by Crippen LogP contribution is 2.16. The summed E-state index contributed by atoms with van der Waals surface area (Å²) >= 11 is 0. The van der Waals surface area contributed by atoms with Gasteiger partial charge in [-0.1, -0.05) is 24.3 Å². The lowest BCUT2D eigenvalue weighted by Gasteiger charge is -2.06. The SMILES string of the molecule is COc1ccc(C(=O)Oc2cccc(/C=N/NC(=O)COc3cccc(C)c3)c2)cc1. The van der Waals surface area contributed by atoms with Crippen molar-refractivity contribution < 1.29 is 23.8 Å². The van der Waals surface area contributed by atoms with Crippen molar-refractivity contribution in [1.82, 2.24) is 5.43 Å². The summed E-state index contributed by atoms with van der Waals surface area (Å²) in [5.74, 6) is 0.753. The van der Waals surface area contributed by atoms with Gasteiger partial charge in [0.15, 0.2) is 6.61 Å². The molecule has 0 saturated heterocycles. The smallest absolute Gasteiger partial charge is 0.343 e. The van der Waals surface area contributed by atoms with Crippen LogP contribution < -0.4 is 19.6 Å². The Morgan fingerprint density at radius 2 is 1.68 bits per heavy atom. The third kappa shape index (κ3) is 6.71. The third-order valence-corrected chi connectivity index (χ3v) is 4.16. The Labute approximate surface area is 180 Å². The number of nitrogens with zero attached hydrogens (tertiary/aromatic N) is 1. The molecule has 158 valence electrons. The fraction of sp³-hybridized carbons (Fsp3) is 0.125. The number of hydrogen-bond donors (Lipinski definition) is 1. The van der Waals surface area contributed by atoms with E-state index in [1.165, 1.54) is 6.21 Å². The van der Waals surface area contributed by atoms with E-state index in [1.54, 1.807) is 61.7 Å². The van der Waals surface area contributed by atoms with Crippen LogP contribution in [0.25, 0.3) is 0 Å². The standard InChI is InChI=1S/C24H22N2O5/c1-17-5-3-7-21(13-17)30-16-23(27)26-25-15-18-6-4-8-22(14-18)31-24(28)19-9-11-20(29-2)12-10-19/h3-15H,16H2,1-2H3,(H,26,27)/b25-15+. The highest BCUT2D eigenvalue weighted by molar-refractivity contribution is 5.91. The summed E-state index contributed by atoms with van der Waals surface area (Å²) in [4.78, 5) is 24.1. The van der Waals surface area contributed by atoms with Crippen LogP contribution in [0.5, 0.6) is 17.2 Å². The molecule has 1 amide bonds. The van der Waals surface area contributed by atoms with Gasteiger partial charge in [0.2, 0.25) is 0 Å². The average molecular weight is 418 g/mol. The van der Waals surface area contributed by atoms with Crippen molar-refractivity contribution in [3.05, 3.63) is 89.5 Å². The highest BCUT2D eigenvalue weighted by Gasteiger charge is 2.09. The number of carbonyl (C=O) groups is 2. The first-order valence-electron chi connectivity index (χ1n) is 9.51. The first-order valence-corrected chi connectivity index (χ1v) is 9.51. The molecular weight excluding hydrogens is 396 g/mol.